The lowest BCUT2D eigenvalue weighted by atomic mass is 10.2. The van der Waals surface area contributed by atoms with Crippen LogP contribution in [0.15, 0.2) is 40.9 Å². The number of nitrogens with one attached hydrogen (secondary N) is 1. The topological polar surface area (TPSA) is 39.7 Å². The van der Waals surface area contributed by atoms with Gasteiger partial charge in [0.05, 0.1) is 18.2 Å². The molecule has 0 radical (unpaired) electrons. The summed E-state index contributed by atoms with van der Waals surface area (Å²) in [5.74, 6) is 1.50. The van der Waals surface area contributed by atoms with Crippen molar-refractivity contribution in [3.8, 4) is 17.2 Å². The molecule has 0 amide bonds. The number of ether oxygens (including phenoxy) is 3. The largest absolute Gasteiger partial charge is 0.492 e. The molecule has 0 bridgehead atoms. The van der Waals surface area contributed by atoms with Crippen LogP contribution in [0.25, 0.3) is 0 Å². The van der Waals surface area contributed by atoms with Gasteiger partial charge in [0.2, 0.25) is 0 Å². The zero-order valence-electron chi connectivity index (χ0n) is 14.0. The van der Waals surface area contributed by atoms with Crippen LogP contribution in [-0.2, 0) is 13.1 Å². The Morgan fingerprint density at radius 1 is 1.08 bits per heavy atom. The minimum absolute atomic E-state index is 0.152. The minimum Gasteiger partial charge on any atom is -0.492 e. The van der Waals surface area contributed by atoms with Crippen molar-refractivity contribution in [3.05, 3.63) is 52.0 Å². The van der Waals surface area contributed by atoms with Crippen molar-refractivity contribution in [3.63, 3.8) is 0 Å². The molecule has 0 aliphatic carbocycles. The highest BCUT2D eigenvalue weighted by atomic mass is 79.9. The normalized spacial score (nSPS) is 10.8. The Labute approximate surface area is 154 Å². The van der Waals surface area contributed by atoms with Gasteiger partial charge in [-0.1, -0.05) is 12.1 Å². The summed E-state index contributed by atoms with van der Waals surface area (Å²) in [6.45, 7) is 0.879. The second kappa shape index (κ2) is 9.58. The van der Waals surface area contributed by atoms with Crippen LogP contribution in [0.3, 0.4) is 0 Å². The van der Waals surface area contributed by atoms with Gasteiger partial charge >= 0.3 is 6.61 Å². The van der Waals surface area contributed by atoms with Gasteiger partial charge in [-0.15, -0.1) is 0 Å². The molecule has 2 rings (SSSR count). The number of rotatable bonds is 9. The van der Waals surface area contributed by atoms with E-state index in [1.807, 2.05) is 19.1 Å². The summed E-state index contributed by atoms with van der Waals surface area (Å²) in [6.07, 6.45) is 0. The standard InChI is InChI=1S/C18H20BrF2NO3/c1-3-24-16-9-13(8-15(19)17(16)23-2)11-22-10-12-4-6-14(7-5-12)25-18(20)21/h4-9,18,22H,3,10-11H2,1-2H3. The first-order chi connectivity index (χ1) is 12.0. The van der Waals surface area contributed by atoms with E-state index >= 15 is 0 Å². The number of benzene rings is 2. The summed E-state index contributed by atoms with van der Waals surface area (Å²) in [5.41, 5.74) is 2.01. The zero-order valence-corrected chi connectivity index (χ0v) is 15.6. The predicted octanol–water partition coefficient (Wildman–Crippen LogP) is 4.75. The first-order valence-electron chi connectivity index (χ1n) is 7.77. The Morgan fingerprint density at radius 3 is 2.36 bits per heavy atom. The molecule has 0 unspecified atom stereocenters. The van der Waals surface area contributed by atoms with Crippen LogP contribution in [0.5, 0.6) is 17.2 Å². The molecule has 0 aliphatic heterocycles. The smallest absolute Gasteiger partial charge is 0.387 e. The summed E-state index contributed by atoms with van der Waals surface area (Å²) in [6, 6.07) is 10.5. The zero-order chi connectivity index (χ0) is 18.2. The fraction of sp³-hybridized carbons (Fsp3) is 0.333. The maximum absolute atomic E-state index is 12.1. The molecular weight excluding hydrogens is 396 g/mol. The van der Waals surface area contributed by atoms with E-state index in [-0.39, 0.29) is 5.75 Å². The van der Waals surface area contributed by atoms with Crippen molar-refractivity contribution >= 4 is 15.9 Å². The van der Waals surface area contributed by atoms with Crippen LogP contribution in [0.2, 0.25) is 0 Å². The molecule has 0 fully saturated rings. The van der Waals surface area contributed by atoms with Crippen LogP contribution < -0.4 is 19.5 Å². The van der Waals surface area contributed by atoms with Gasteiger partial charge in [-0.2, -0.15) is 8.78 Å². The van der Waals surface area contributed by atoms with Gasteiger partial charge in [-0.25, -0.2) is 0 Å². The van der Waals surface area contributed by atoms with Gasteiger partial charge in [0.1, 0.15) is 5.75 Å². The lowest BCUT2D eigenvalue weighted by Gasteiger charge is -2.14. The summed E-state index contributed by atoms with van der Waals surface area (Å²) >= 11 is 3.48. The Balaban J connectivity index is 1.95. The third kappa shape index (κ3) is 5.86. The van der Waals surface area contributed by atoms with Crippen molar-refractivity contribution < 1.29 is 23.0 Å². The van der Waals surface area contributed by atoms with Gasteiger partial charge in [0.15, 0.2) is 11.5 Å². The molecular formula is C18H20BrF2NO3. The molecule has 7 heteroatoms. The minimum atomic E-state index is -2.81. The average molecular weight is 416 g/mol. The van der Waals surface area contributed by atoms with E-state index < -0.39 is 6.61 Å². The van der Waals surface area contributed by atoms with Gasteiger partial charge < -0.3 is 19.5 Å². The molecule has 0 saturated heterocycles. The highest BCUT2D eigenvalue weighted by molar-refractivity contribution is 9.10. The van der Waals surface area contributed by atoms with E-state index in [1.54, 1.807) is 19.2 Å². The molecule has 2 aromatic rings. The molecule has 0 saturated carbocycles. The van der Waals surface area contributed by atoms with Crippen molar-refractivity contribution in [2.24, 2.45) is 0 Å². The predicted molar refractivity (Wildman–Crippen MR) is 95.5 cm³/mol. The fourth-order valence-electron chi connectivity index (χ4n) is 2.32. The highest BCUT2D eigenvalue weighted by Gasteiger charge is 2.11. The van der Waals surface area contributed by atoms with E-state index in [4.69, 9.17) is 9.47 Å². The van der Waals surface area contributed by atoms with Crippen LogP contribution >= 0.6 is 15.9 Å². The van der Waals surface area contributed by atoms with Crippen LogP contribution in [0.1, 0.15) is 18.1 Å². The lowest BCUT2D eigenvalue weighted by molar-refractivity contribution is -0.0498. The van der Waals surface area contributed by atoms with E-state index in [1.165, 1.54) is 12.1 Å². The number of alkyl halides is 2. The summed E-state index contributed by atoms with van der Waals surface area (Å²) in [4.78, 5) is 0. The molecule has 0 heterocycles. The van der Waals surface area contributed by atoms with E-state index in [0.29, 0.717) is 31.2 Å². The van der Waals surface area contributed by atoms with Gasteiger partial charge in [0.25, 0.3) is 0 Å². The maximum Gasteiger partial charge on any atom is 0.387 e. The number of hydrogen-bond donors (Lipinski definition) is 1. The first-order valence-corrected chi connectivity index (χ1v) is 8.56. The van der Waals surface area contributed by atoms with Gasteiger partial charge in [-0.05, 0) is 58.2 Å². The molecule has 0 aromatic heterocycles. The van der Waals surface area contributed by atoms with Gasteiger partial charge in [0, 0.05) is 13.1 Å². The molecule has 1 N–H and O–H groups in total. The van der Waals surface area contributed by atoms with E-state index in [2.05, 4.69) is 26.0 Å². The number of halogens is 3. The second-order valence-electron chi connectivity index (χ2n) is 5.17. The second-order valence-corrected chi connectivity index (χ2v) is 6.02. The number of hydrogen-bond acceptors (Lipinski definition) is 4. The average Bonchev–Trinajstić information content (AvgIpc) is 2.56. The van der Waals surface area contributed by atoms with Crippen LogP contribution in [0.4, 0.5) is 8.78 Å². The Morgan fingerprint density at radius 2 is 1.76 bits per heavy atom. The quantitative estimate of drug-likeness (QED) is 0.641. The molecule has 4 nitrogen and oxygen atoms in total. The lowest BCUT2D eigenvalue weighted by Crippen LogP contribution is -2.13. The molecule has 2 aromatic carbocycles. The van der Waals surface area contributed by atoms with Crippen LogP contribution in [-0.4, -0.2) is 20.3 Å². The fourth-order valence-corrected chi connectivity index (χ4v) is 2.98. The summed E-state index contributed by atoms with van der Waals surface area (Å²) in [5, 5.41) is 3.31. The van der Waals surface area contributed by atoms with Crippen molar-refractivity contribution in [1.82, 2.24) is 5.32 Å². The maximum atomic E-state index is 12.1. The van der Waals surface area contributed by atoms with Gasteiger partial charge in [-0.3, -0.25) is 0 Å². The monoisotopic (exact) mass is 415 g/mol. The third-order valence-electron chi connectivity index (χ3n) is 3.38. The van der Waals surface area contributed by atoms with E-state index in [9.17, 15) is 8.78 Å². The van der Waals surface area contributed by atoms with E-state index in [0.717, 1.165) is 15.6 Å². The van der Waals surface area contributed by atoms with Crippen molar-refractivity contribution in [2.45, 2.75) is 26.6 Å². The summed E-state index contributed by atoms with van der Waals surface area (Å²) in [7, 11) is 1.60. The SMILES string of the molecule is CCOc1cc(CNCc2ccc(OC(F)F)cc2)cc(Br)c1OC. The summed E-state index contributed by atoms with van der Waals surface area (Å²) < 4.78 is 40.4. The first kappa shape index (κ1) is 19.5. The molecule has 25 heavy (non-hydrogen) atoms. The van der Waals surface area contributed by atoms with Crippen molar-refractivity contribution in [1.29, 1.82) is 0 Å². The third-order valence-corrected chi connectivity index (χ3v) is 3.97. The number of methoxy groups -OCH3 is 1. The Kier molecular flexibility index (Phi) is 7.46. The molecule has 136 valence electrons. The highest BCUT2D eigenvalue weighted by Crippen LogP contribution is 2.36. The molecule has 0 spiro atoms. The Bertz CT molecular complexity index is 681. The Hall–Kier alpha value is -1.86. The van der Waals surface area contributed by atoms with Crippen LogP contribution in [0, 0.1) is 0 Å². The molecule has 0 aliphatic rings. The van der Waals surface area contributed by atoms with Crippen molar-refractivity contribution in [2.75, 3.05) is 13.7 Å². The molecule has 0 atom stereocenters.